The molecule has 15 heavy (non-hydrogen) atoms. The van der Waals surface area contributed by atoms with Crippen LogP contribution >= 0.6 is 22.6 Å². The Kier molecular flexibility index (Phi) is 3.61. The number of amides is 1. The summed E-state index contributed by atoms with van der Waals surface area (Å²) in [7, 11) is 0. The van der Waals surface area contributed by atoms with Gasteiger partial charge in [0.2, 0.25) is 5.91 Å². The number of likely N-dealkylation sites (tertiary alicyclic amines) is 1. The predicted octanol–water partition coefficient (Wildman–Crippen LogP) is 2.61. The van der Waals surface area contributed by atoms with E-state index in [-0.39, 0.29) is 0 Å². The highest BCUT2D eigenvalue weighted by atomic mass is 127. The zero-order valence-corrected chi connectivity index (χ0v) is 10.7. The first-order chi connectivity index (χ1) is 7.31. The molecule has 1 aromatic rings. The average molecular weight is 315 g/mol. The van der Waals surface area contributed by atoms with Gasteiger partial charge >= 0.3 is 0 Å². The van der Waals surface area contributed by atoms with Crippen molar-refractivity contribution < 1.29 is 4.79 Å². The average Bonchev–Trinajstić information content (AvgIpc) is 2.62. The fraction of sp³-hybridized carbons (Fsp3) is 0.417. The van der Waals surface area contributed by atoms with E-state index < -0.39 is 0 Å². The van der Waals surface area contributed by atoms with Gasteiger partial charge in [0.05, 0.1) is 0 Å². The Morgan fingerprint density at radius 1 is 1.33 bits per heavy atom. The molecule has 0 saturated carbocycles. The minimum atomic E-state index is 0.306. The standard InChI is InChI=1S/C12H14INO/c13-8-11-6-7-12(15)14(11)9-10-4-2-1-3-5-10/h1-5,11H,6-9H2. The van der Waals surface area contributed by atoms with Crippen LogP contribution in [0.5, 0.6) is 0 Å². The molecule has 1 saturated heterocycles. The SMILES string of the molecule is O=C1CCC(CI)N1Cc1ccccc1. The fourth-order valence-corrected chi connectivity index (χ4v) is 2.87. The third-order valence-electron chi connectivity index (χ3n) is 2.83. The van der Waals surface area contributed by atoms with Gasteiger partial charge in [0, 0.05) is 23.4 Å². The number of alkyl halides is 1. The zero-order valence-electron chi connectivity index (χ0n) is 8.53. The van der Waals surface area contributed by atoms with Crippen LogP contribution < -0.4 is 0 Å². The summed E-state index contributed by atoms with van der Waals surface area (Å²) in [6.45, 7) is 0.771. The number of hydrogen-bond donors (Lipinski definition) is 0. The molecule has 0 spiro atoms. The first-order valence-electron chi connectivity index (χ1n) is 5.20. The fourth-order valence-electron chi connectivity index (χ4n) is 1.95. The van der Waals surface area contributed by atoms with Crippen molar-refractivity contribution in [1.29, 1.82) is 0 Å². The van der Waals surface area contributed by atoms with Gasteiger partial charge in [-0.25, -0.2) is 0 Å². The molecular formula is C12H14INO. The van der Waals surface area contributed by atoms with Crippen molar-refractivity contribution in [2.45, 2.75) is 25.4 Å². The smallest absolute Gasteiger partial charge is 0.223 e. The Morgan fingerprint density at radius 3 is 2.73 bits per heavy atom. The summed E-state index contributed by atoms with van der Waals surface area (Å²) in [6.07, 6.45) is 1.75. The van der Waals surface area contributed by atoms with E-state index in [1.54, 1.807) is 0 Å². The van der Waals surface area contributed by atoms with Gasteiger partial charge < -0.3 is 4.90 Å². The Labute approximate surface area is 104 Å². The van der Waals surface area contributed by atoms with Gasteiger partial charge in [0.15, 0.2) is 0 Å². The van der Waals surface area contributed by atoms with Gasteiger partial charge in [0.1, 0.15) is 0 Å². The number of hydrogen-bond acceptors (Lipinski definition) is 1. The second-order valence-electron chi connectivity index (χ2n) is 3.85. The van der Waals surface area contributed by atoms with Crippen molar-refractivity contribution >= 4 is 28.5 Å². The van der Waals surface area contributed by atoms with E-state index in [2.05, 4.69) is 34.7 Å². The van der Waals surface area contributed by atoms with E-state index in [0.717, 1.165) is 23.8 Å². The Hall–Kier alpha value is -0.580. The molecule has 1 heterocycles. The summed E-state index contributed by atoms with van der Waals surface area (Å²) in [5.41, 5.74) is 1.22. The molecule has 0 N–H and O–H groups in total. The molecule has 80 valence electrons. The van der Waals surface area contributed by atoms with Crippen LogP contribution in [-0.4, -0.2) is 21.3 Å². The van der Waals surface area contributed by atoms with E-state index >= 15 is 0 Å². The van der Waals surface area contributed by atoms with Crippen LogP contribution in [0.25, 0.3) is 0 Å². The molecule has 1 aliphatic rings. The highest BCUT2D eigenvalue weighted by Crippen LogP contribution is 2.22. The lowest BCUT2D eigenvalue weighted by atomic mass is 10.2. The molecule has 3 heteroatoms. The molecule has 1 aromatic carbocycles. The Balaban J connectivity index is 2.07. The Bertz CT molecular complexity index is 339. The molecule has 0 radical (unpaired) electrons. The third kappa shape index (κ3) is 2.51. The minimum absolute atomic E-state index is 0.306. The molecule has 1 atom stereocenters. The monoisotopic (exact) mass is 315 g/mol. The molecule has 2 rings (SSSR count). The number of benzene rings is 1. The molecular weight excluding hydrogens is 301 g/mol. The highest BCUT2D eigenvalue weighted by Gasteiger charge is 2.29. The molecule has 0 aromatic heterocycles. The van der Waals surface area contributed by atoms with Gasteiger partial charge in [-0.05, 0) is 12.0 Å². The molecule has 0 bridgehead atoms. The topological polar surface area (TPSA) is 20.3 Å². The van der Waals surface area contributed by atoms with Crippen LogP contribution in [0.2, 0.25) is 0 Å². The normalized spacial score (nSPS) is 21.0. The third-order valence-corrected chi connectivity index (χ3v) is 3.84. The van der Waals surface area contributed by atoms with E-state index in [4.69, 9.17) is 0 Å². The lowest BCUT2D eigenvalue weighted by Crippen LogP contribution is -2.33. The second-order valence-corrected chi connectivity index (χ2v) is 4.73. The van der Waals surface area contributed by atoms with Gasteiger partial charge in [-0.15, -0.1) is 0 Å². The summed E-state index contributed by atoms with van der Waals surface area (Å²) >= 11 is 2.36. The summed E-state index contributed by atoms with van der Waals surface area (Å²) < 4.78 is 1.04. The maximum Gasteiger partial charge on any atom is 0.223 e. The molecule has 2 nitrogen and oxygen atoms in total. The lowest BCUT2D eigenvalue weighted by Gasteiger charge is -2.23. The van der Waals surface area contributed by atoms with Gasteiger partial charge in [-0.1, -0.05) is 52.9 Å². The van der Waals surface area contributed by atoms with Gasteiger partial charge in [-0.3, -0.25) is 4.79 Å². The van der Waals surface area contributed by atoms with Crippen molar-refractivity contribution in [1.82, 2.24) is 4.90 Å². The second kappa shape index (κ2) is 4.96. The number of halogens is 1. The first-order valence-corrected chi connectivity index (χ1v) is 6.73. The predicted molar refractivity (Wildman–Crippen MR) is 68.9 cm³/mol. The lowest BCUT2D eigenvalue weighted by molar-refractivity contribution is -0.129. The van der Waals surface area contributed by atoms with Crippen molar-refractivity contribution in [3.63, 3.8) is 0 Å². The van der Waals surface area contributed by atoms with Crippen molar-refractivity contribution in [2.75, 3.05) is 4.43 Å². The van der Waals surface area contributed by atoms with Crippen LogP contribution in [0.1, 0.15) is 18.4 Å². The van der Waals surface area contributed by atoms with Crippen molar-refractivity contribution in [3.8, 4) is 0 Å². The van der Waals surface area contributed by atoms with E-state index in [1.165, 1.54) is 5.56 Å². The highest BCUT2D eigenvalue weighted by molar-refractivity contribution is 14.1. The van der Waals surface area contributed by atoms with E-state index in [1.807, 2.05) is 23.1 Å². The molecule has 1 unspecified atom stereocenters. The quantitative estimate of drug-likeness (QED) is 0.620. The van der Waals surface area contributed by atoms with Crippen LogP contribution in [0.3, 0.4) is 0 Å². The van der Waals surface area contributed by atoms with Gasteiger partial charge in [0.25, 0.3) is 0 Å². The summed E-state index contributed by atoms with van der Waals surface area (Å²) in [5, 5.41) is 0. The van der Waals surface area contributed by atoms with Crippen LogP contribution in [0.15, 0.2) is 30.3 Å². The molecule has 1 amide bonds. The summed E-state index contributed by atoms with van der Waals surface area (Å²) in [5.74, 6) is 0.306. The molecule has 0 aliphatic carbocycles. The van der Waals surface area contributed by atoms with Crippen LogP contribution in [-0.2, 0) is 11.3 Å². The van der Waals surface area contributed by atoms with E-state index in [9.17, 15) is 4.79 Å². The maximum atomic E-state index is 11.7. The van der Waals surface area contributed by atoms with E-state index in [0.29, 0.717) is 11.9 Å². The van der Waals surface area contributed by atoms with Crippen LogP contribution in [0, 0.1) is 0 Å². The minimum Gasteiger partial charge on any atom is -0.335 e. The number of rotatable bonds is 3. The largest absolute Gasteiger partial charge is 0.335 e. The number of nitrogens with zero attached hydrogens (tertiary/aromatic N) is 1. The summed E-state index contributed by atoms with van der Waals surface area (Å²) in [4.78, 5) is 13.7. The zero-order chi connectivity index (χ0) is 10.7. The molecule has 1 aliphatic heterocycles. The summed E-state index contributed by atoms with van der Waals surface area (Å²) in [6, 6.07) is 10.7. The maximum absolute atomic E-state index is 11.7. The van der Waals surface area contributed by atoms with Crippen LogP contribution in [0.4, 0.5) is 0 Å². The Morgan fingerprint density at radius 2 is 2.07 bits per heavy atom. The van der Waals surface area contributed by atoms with Crippen molar-refractivity contribution in [2.24, 2.45) is 0 Å². The number of carbonyl (C=O) groups is 1. The van der Waals surface area contributed by atoms with Crippen molar-refractivity contribution in [3.05, 3.63) is 35.9 Å². The molecule has 1 fully saturated rings. The number of carbonyl (C=O) groups excluding carboxylic acids is 1. The first kappa shape index (κ1) is 10.9. The van der Waals surface area contributed by atoms with Gasteiger partial charge in [-0.2, -0.15) is 0 Å².